The van der Waals surface area contributed by atoms with E-state index in [-0.39, 0.29) is 0 Å². The maximum Gasteiger partial charge on any atom is 0.119 e. The van der Waals surface area contributed by atoms with Crippen molar-refractivity contribution >= 4 is 0 Å². The number of benzene rings is 1. The topological polar surface area (TPSA) is 20.2 Å². The Morgan fingerprint density at radius 2 is 2.00 bits per heavy atom. The third-order valence-electron chi connectivity index (χ3n) is 6.10. The summed E-state index contributed by atoms with van der Waals surface area (Å²) < 4.78 is 0. The molecule has 2 atom stereocenters. The molecule has 0 unspecified atom stereocenters. The fourth-order valence-electron chi connectivity index (χ4n) is 4.87. The number of allylic oxidation sites excluding steroid dienone is 2. The number of hydrogen-bond donors (Lipinski definition) is 1. The molecule has 1 aromatic rings. The van der Waals surface area contributed by atoms with Gasteiger partial charge in [0.2, 0.25) is 0 Å². The van der Waals surface area contributed by atoms with Crippen molar-refractivity contribution in [1.82, 2.24) is 0 Å². The van der Waals surface area contributed by atoms with Crippen LogP contribution in [-0.2, 0) is 12.8 Å². The molecule has 126 valence electrons. The zero-order valence-corrected chi connectivity index (χ0v) is 15.3. The summed E-state index contributed by atoms with van der Waals surface area (Å²) in [7, 11) is 0. The number of aryl methyl sites for hydroxylation is 1. The van der Waals surface area contributed by atoms with Crippen molar-refractivity contribution < 1.29 is 5.11 Å². The minimum atomic E-state index is 0.323. The van der Waals surface area contributed by atoms with Gasteiger partial charge in [-0.25, -0.2) is 0 Å². The van der Waals surface area contributed by atoms with Crippen molar-refractivity contribution in [2.45, 2.75) is 78.6 Å². The van der Waals surface area contributed by atoms with Gasteiger partial charge in [-0.05, 0) is 67.6 Å². The molecule has 2 aliphatic carbocycles. The third-order valence-corrected chi connectivity index (χ3v) is 6.10. The van der Waals surface area contributed by atoms with Crippen molar-refractivity contribution in [3.63, 3.8) is 0 Å². The van der Waals surface area contributed by atoms with E-state index in [1.54, 1.807) is 0 Å². The third kappa shape index (κ3) is 3.20. The Hall–Kier alpha value is -1.24. The monoisotopic (exact) mass is 312 g/mol. The van der Waals surface area contributed by atoms with Gasteiger partial charge in [-0.1, -0.05) is 51.3 Å². The molecular weight excluding hydrogens is 280 g/mol. The number of aromatic hydroxyl groups is 1. The van der Waals surface area contributed by atoms with Crippen molar-refractivity contribution in [3.8, 4) is 5.75 Å². The van der Waals surface area contributed by atoms with Gasteiger partial charge in [0.15, 0.2) is 0 Å². The van der Waals surface area contributed by atoms with Gasteiger partial charge in [-0.15, -0.1) is 0 Å². The molecule has 0 bridgehead atoms. The SMILES string of the molecule is CCCCCc1cc(O)c2c(c1)CC(C)(C)[C@H]1CCC(C)=C[C@H]21. The zero-order chi connectivity index (χ0) is 16.6. The van der Waals surface area contributed by atoms with Crippen LogP contribution in [0.2, 0.25) is 0 Å². The van der Waals surface area contributed by atoms with E-state index in [0.29, 0.717) is 23.0 Å². The van der Waals surface area contributed by atoms with Crippen LogP contribution in [0, 0.1) is 11.3 Å². The highest BCUT2D eigenvalue weighted by Gasteiger charge is 2.43. The molecule has 0 saturated carbocycles. The number of rotatable bonds is 4. The Kier molecular flexibility index (Phi) is 4.58. The lowest BCUT2D eigenvalue weighted by molar-refractivity contribution is 0.155. The van der Waals surface area contributed by atoms with Gasteiger partial charge in [0.05, 0.1) is 0 Å². The highest BCUT2D eigenvalue weighted by Crippen LogP contribution is 2.54. The van der Waals surface area contributed by atoms with Gasteiger partial charge in [0, 0.05) is 11.5 Å². The Balaban J connectivity index is 1.99. The molecule has 1 heteroatoms. The molecule has 23 heavy (non-hydrogen) atoms. The first-order valence-electron chi connectivity index (χ1n) is 9.44. The summed E-state index contributed by atoms with van der Waals surface area (Å²) >= 11 is 0. The molecule has 0 aliphatic heterocycles. The van der Waals surface area contributed by atoms with E-state index in [9.17, 15) is 5.11 Å². The first-order valence-corrected chi connectivity index (χ1v) is 9.44. The fourth-order valence-corrected chi connectivity index (χ4v) is 4.87. The minimum absolute atomic E-state index is 0.323. The Morgan fingerprint density at radius 3 is 2.74 bits per heavy atom. The Labute approximate surface area is 141 Å². The average molecular weight is 312 g/mol. The largest absolute Gasteiger partial charge is 0.508 e. The molecule has 0 radical (unpaired) electrons. The fraction of sp³-hybridized carbons (Fsp3) is 0.636. The molecule has 3 rings (SSSR count). The second-order valence-corrected chi connectivity index (χ2v) is 8.49. The molecular formula is C22H32O. The van der Waals surface area contributed by atoms with Gasteiger partial charge in [0.1, 0.15) is 5.75 Å². The summed E-state index contributed by atoms with van der Waals surface area (Å²) in [5, 5.41) is 10.8. The quantitative estimate of drug-likeness (QED) is 0.522. The van der Waals surface area contributed by atoms with Gasteiger partial charge in [-0.3, -0.25) is 0 Å². The van der Waals surface area contributed by atoms with Crippen LogP contribution in [0.4, 0.5) is 0 Å². The van der Waals surface area contributed by atoms with E-state index in [2.05, 4.69) is 39.8 Å². The number of hydrogen-bond acceptors (Lipinski definition) is 1. The summed E-state index contributed by atoms with van der Waals surface area (Å²) in [6.45, 7) is 9.32. The van der Waals surface area contributed by atoms with Gasteiger partial charge in [-0.2, -0.15) is 0 Å². The first-order chi connectivity index (χ1) is 10.9. The minimum Gasteiger partial charge on any atom is -0.508 e. The van der Waals surface area contributed by atoms with Gasteiger partial charge in [0.25, 0.3) is 0 Å². The van der Waals surface area contributed by atoms with Crippen LogP contribution in [0.3, 0.4) is 0 Å². The molecule has 2 aliphatic rings. The standard InChI is InChI=1S/C22H32O/c1-5-6-7-8-16-12-17-14-22(3,4)19-10-9-15(2)11-18(19)21(17)20(23)13-16/h11-13,18-19,23H,5-10,14H2,1-4H3/t18-,19-/m0/s1. The van der Waals surface area contributed by atoms with Crippen LogP contribution in [0.15, 0.2) is 23.8 Å². The van der Waals surface area contributed by atoms with Crippen LogP contribution >= 0.6 is 0 Å². The highest BCUT2D eigenvalue weighted by atomic mass is 16.3. The Morgan fingerprint density at radius 1 is 1.22 bits per heavy atom. The summed E-state index contributed by atoms with van der Waals surface area (Å²) in [4.78, 5) is 0. The number of unbranched alkanes of at least 4 members (excludes halogenated alkanes) is 2. The van der Waals surface area contributed by atoms with Crippen molar-refractivity contribution in [3.05, 3.63) is 40.5 Å². The number of fused-ring (bicyclic) bond motifs is 3. The van der Waals surface area contributed by atoms with E-state index >= 15 is 0 Å². The van der Waals surface area contributed by atoms with E-state index in [1.807, 2.05) is 6.07 Å². The second-order valence-electron chi connectivity index (χ2n) is 8.49. The van der Waals surface area contributed by atoms with Crippen LogP contribution in [-0.4, -0.2) is 5.11 Å². The van der Waals surface area contributed by atoms with Gasteiger partial charge < -0.3 is 5.11 Å². The van der Waals surface area contributed by atoms with Gasteiger partial charge >= 0.3 is 0 Å². The molecule has 0 saturated heterocycles. The first kappa shape index (κ1) is 16.6. The number of phenolic OH excluding ortho intramolecular Hbond substituents is 1. The smallest absolute Gasteiger partial charge is 0.119 e. The highest BCUT2D eigenvalue weighted by molar-refractivity contribution is 5.50. The molecule has 0 amide bonds. The van der Waals surface area contributed by atoms with Crippen LogP contribution in [0.1, 0.15) is 82.4 Å². The van der Waals surface area contributed by atoms with E-state index < -0.39 is 0 Å². The predicted molar refractivity (Wildman–Crippen MR) is 98.0 cm³/mol. The van der Waals surface area contributed by atoms with Crippen LogP contribution in [0.5, 0.6) is 5.75 Å². The summed E-state index contributed by atoms with van der Waals surface area (Å²) in [6.07, 6.45) is 10.9. The van der Waals surface area contributed by atoms with Crippen molar-refractivity contribution in [1.29, 1.82) is 0 Å². The van der Waals surface area contributed by atoms with Crippen LogP contribution in [0.25, 0.3) is 0 Å². The Bertz CT molecular complexity index is 609. The lowest BCUT2D eigenvalue weighted by Crippen LogP contribution is -2.37. The van der Waals surface area contributed by atoms with E-state index in [0.717, 1.165) is 12.8 Å². The average Bonchev–Trinajstić information content (AvgIpc) is 2.46. The lowest BCUT2D eigenvalue weighted by Gasteiger charge is -2.47. The van der Waals surface area contributed by atoms with E-state index in [1.165, 1.54) is 54.4 Å². The second kappa shape index (κ2) is 6.34. The molecule has 1 aromatic carbocycles. The summed E-state index contributed by atoms with van der Waals surface area (Å²) in [5.41, 5.74) is 5.76. The maximum atomic E-state index is 10.8. The van der Waals surface area contributed by atoms with E-state index in [4.69, 9.17) is 0 Å². The zero-order valence-electron chi connectivity index (χ0n) is 15.3. The molecule has 1 nitrogen and oxygen atoms in total. The maximum absolute atomic E-state index is 10.8. The molecule has 0 spiro atoms. The summed E-state index contributed by atoms with van der Waals surface area (Å²) in [5.74, 6) is 1.62. The predicted octanol–water partition coefficient (Wildman–Crippen LogP) is 6.15. The number of phenols is 1. The molecule has 0 fully saturated rings. The van der Waals surface area contributed by atoms with Crippen molar-refractivity contribution in [2.75, 3.05) is 0 Å². The van der Waals surface area contributed by atoms with Crippen LogP contribution < -0.4 is 0 Å². The lowest BCUT2D eigenvalue weighted by atomic mass is 9.58. The molecule has 0 aromatic heterocycles. The van der Waals surface area contributed by atoms with Crippen molar-refractivity contribution in [2.24, 2.45) is 11.3 Å². The molecule has 0 heterocycles. The molecule has 1 N–H and O–H groups in total. The summed E-state index contributed by atoms with van der Waals surface area (Å²) in [6, 6.07) is 4.43. The normalized spacial score (nSPS) is 25.5.